The molecule has 5 rings (SSSR count). The molecule has 27 heavy (non-hydrogen) atoms. The SMILES string of the molecule is CCCN1C[C@@H]2CC[C@H]1CN(c1cncc(C(=O)N3CCN(C)CC3)n1)C2. The minimum absolute atomic E-state index is 0.0165. The highest BCUT2D eigenvalue weighted by molar-refractivity contribution is 5.92. The van der Waals surface area contributed by atoms with Crippen LogP contribution >= 0.6 is 0 Å². The zero-order chi connectivity index (χ0) is 18.8. The molecule has 0 unspecified atom stereocenters. The third-order valence-corrected chi connectivity index (χ3v) is 6.29. The Kier molecular flexibility index (Phi) is 5.59. The van der Waals surface area contributed by atoms with Crippen molar-refractivity contribution in [3.63, 3.8) is 0 Å². The number of carbonyl (C=O) groups is 1. The van der Waals surface area contributed by atoms with Gasteiger partial charge in [-0.3, -0.25) is 14.7 Å². The Morgan fingerprint density at radius 3 is 2.70 bits per heavy atom. The first-order chi connectivity index (χ1) is 13.1. The van der Waals surface area contributed by atoms with E-state index in [1.54, 1.807) is 6.20 Å². The lowest BCUT2D eigenvalue weighted by molar-refractivity contribution is 0.0658. The molecule has 5 heterocycles. The van der Waals surface area contributed by atoms with Crippen LogP contribution in [0.4, 0.5) is 5.82 Å². The fourth-order valence-electron chi connectivity index (χ4n) is 4.71. The summed E-state index contributed by atoms with van der Waals surface area (Å²) in [6.07, 6.45) is 7.23. The van der Waals surface area contributed by atoms with Gasteiger partial charge in [-0.1, -0.05) is 6.92 Å². The summed E-state index contributed by atoms with van der Waals surface area (Å²) < 4.78 is 0. The molecule has 0 saturated carbocycles. The van der Waals surface area contributed by atoms with Crippen molar-refractivity contribution < 1.29 is 4.79 Å². The second kappa shape index (κ2) is 8.10. The largest absolute Gasteiger partial charge is 0.353 e. The number of hydrogen-bond acceptors (Lipinski definition) is 6. The Morgan fingerprint density at radius 2 is 1.93 bits per heavy atom. The van der Waals surface area contributed by atoms with Gasteiger partial charge in [0.15, 0.2) is 0 Å². The van der Waals surface area contributed by atoms with Crippen LogP contribution in [-0.2, 0) is 0 Å². The van der Waals surface area contributed by atoms with Crippen molar-refractivity contribution in [2.45, 2.75) is 32.2 Å². The fourth-order valence-corrected chi connectivity index (χ4v) is 4.71. The van der Waals surface area contributed by atoms with Gasteiger partial charge in [0.2, 0.25) is 0 Å². The lowest BCUT2D eigenvalue weighted by atomic mass is 9.95. The molecule has 148 valence electrons. The third kappa shape index (κ3) is 4.09. The molecule has 0 radical (unpaired) electrons. The van der Waals surface area contributed by atoms with Crippen molar-refractivity contribution in [3.05, 3.63) is 18.1 Å². The summed E-state index contributed by atoms with van der Waals surface area (Å²) in [5.41, 5.74) is 0.485. The molecule has 4 aliphatic heterocycles. The molecule has 7 heteroatoms. The number of piperazine rings is 1. The number of likely N-dealkylation sites (N-methyl/N-ethyl adjacent to an activating group) is 1. The van der Waals surface area contributed by atoms with Gasteiger partial charge in [0.25, 0.3) is 5.91 Å². The molecular formula is C20H32N6O. The summed E-state index contributed by atoms with van der Waals surface area (Å²) >= 11 is 0. The molecule has 1 aromatic rings. The van der Waals surface area contributed by atoms with Crippen molar-refractivity contribution in [1.82, 2.24) is 24.7 Å². The van der Waals surface area contributed by atoms with Crippen LogP contribution in [0.3, 0.4) is 0 Å². The Bertz CT molecular complexity index is 660. The first kappa shape index (κ1) is 18.6. The van der Waals surface area contributed by atoms with Crippen LogP contribution in [-0.4, -0.2) is 96.0 Å². The lowest BCUT2D eigenvalue weighted by Crippen LogP contribution is -2.47. The first-order valence-corrected chi connectivity index (χ1v) is 10.4. The van der Waals surface area contributed by atoms with Crippen LogP contribution in [0.2, 0.25) is 0 Å². The predicted octanol–water partition coefficient (Wildman–Crippen LogP) is 1.17. The quantitative estimate of drug-likeness (QED) is 0.791. The number of rotatable bonds is 4. The van der Waals surface area contributed by atoms with E-state index in [1.165, 1.54) is 32.4 Å². The third-order valence-electron chi connectivity index (χ3n) is 6.29. The van der Waals surface area contributed by atoms with E-state index in [0.717, 1.165) is 45.1 Å². The maximum absolute atomic E-state index is 12.9. The number of nitrogens with zero attached hydrogens (tertiary/aromatic N) is 6. The maximum Gasteiger partial charge on any atom is 0.274 e. The molecule has 0 aliphatic carbocycles. The number of aromatic nitrogens is 2. The summed E-state index contributed by atoms with van der Waals surface area (Å²) in [5.74, 6) is 1.57. The lowest BCUT2D eigenvalue weighted by Gasteiger charge is -2.35. The van der Waals surface area contributed by atoms with E-state index in [9.17, 15) is 4.79 Å². The molecule has 7 nitrogen and oxygen atoms in total. The first-order valence-electron chi connectivity index (χ1n) is 10.4. The molecule has 0 aromatic carbocycles. The van der Waals surface area contributed by atoms with Crippen molar-refractivity contribution in [2.24, 2.45) is 5.92 Å². The molecule has 0 spiro atoms. The van der Waals surface area contributed by atoms with E-state index in [0.29, 0.717) is 17.7 Å². The zero-order valence-corrected chi connectivity index (χ0v) is 16.7. The second-order valence-corrected chi connectivity index (χ2v) is 8.36. The fraction of sp³-hybridized carbons (Fsp3) is 0.750. The van der Waals surface area contributed by atoms with E-state index in [1.807, 2.05) is 11.1 Å². The van der Waals surface area contributed by atoms with Gasteiger partial charge in [-0.15, -0.1) is 0 Å². The molecular weight excluding hydrogens is 340 g/mol. The summed E-state index contributed by atoms with van der Waals surface area (Å²) in [4.78, 5) is 31.2. The smallest absolute Gasteiger partial charge is 0.274 e. The predicted molar refractivity (Wildman–Crippen MR) is 106 cm³/mol. The number of anilines is 1. The van der Waals surface area contributed by atoms with Crippen molar-refractivity contribution in [1.29, 1.82) is 0 Å². The molecule has 0 N–H and O–H groups in total. The Morgan fingerprint density at radius 1 is 1.11 bits per heavy atom. The Balaban J connectivity index is 1.48. The molecule has 4 aliphatic rings. The van der Waals surface area contributed by atoms with Crippen LogP contribution in [0.25, 0.3) is 0 Å². The minimum atomic E-state index is 0.0165. The number of hydrogen-bond donors (Lipinski definition) is 0. The van der Waals surface area contributed by atoms with Gasteiger partial charge >= 0.3 is 0 Å². The Hall–Kier alpha value is -1.73. The van der Waals surface area contributed by atoms with Crippen LogP contribution in [0, 0.1) is 5.92 Å². The molecule has 2 atom stereocenters. The van der Waals surface area contributed by atoms with Gasteiger partial charge in [0.05, 0.1) is 12.4 Å². The highest BCUT2D eigenvalue weighted by Gasteiger charge is 2.35. The number of fused-ring (bicyclic) bond motifs is 4. The van der Waals surface area contributed by atoms with E-state index in [-0.39, 0.29) is 5.91 Å². The number of piperidine rings is 1. The van der Waals surface area contributed by atoms with Gasteiger partial charge in [-0.25, -0.2) is 4.98 Å². The van der Waals surface area contributed by atoms with Crippen molar-refractivity contribution >= 4 is 11.7 Å². The summed E-state index contributed by atoms with van der Waals surface area (Å²) in [5, 5.41) is 0. The van der Waals surface area contributed by atoms with Crippen molar-refractivity contribution in [3.8, 4) is 0 Å². The van der Waals surface area contributed by atoms with Crippen LogP contribution < -0.4 is 4.90 Å². The van der Waals surface area contributed by atoms with E-state index >= 15 is 0 Å². The average Bonchev–Trinajstić information content (AvgIpc) is 3.00. The van der Waals surface area contributed by atoms with Gasteiger partial charge in [0.1, 0.15) is 11.5 Å². The van der Waals surface area contributed by atoms with Gasteiger partial charge in [0, 0.05) is 51.9 Å². The van der Waals surface area contributed by atoms with Crippen LogP contribution in [0.5, 0.6) is 0 Å². The summed E-state index contributed by atoms with van der Waals surface area (Å²) in [6.45, 7) is 10.0. The molecule has 4 fully saturated rings. The highest BCUT2D eigenvalue weighted by atomic mass is 16.2. The second-order valence-electron chi connectivity index (χ2n) is 8.36. The molecule has 1 amide bonds. The normalized spacial score (nSPS) is 27.0. The number of carbonyl (C=O) groups excluding carboxylic acids is 1. The average molecular weight is 373 g/mol. The summed E-state index contributed by atoms with van der Waals surface area (Å²) in [7, 11) is 2.09. The van der Waals surface area contributed by atoms with Crippen molar-refractivity contribution in [2.75, 3.05) is 64.3 Å². The standard InChI is InChI=1S/C20H32N6O/c1-3-6-25-13-16-4-5-17(25)15-26(14-16)19-12-21-11-18(22-19)20(27)24-9-7-23(2)8-10-24/h11-12,16-17H,3-10,13-15H2,1-2H3/t16-,17-/m0/s1. The highest BCUT2D eigenvalue weighted by Crippen LogP contribution is 2.30. The molecule has 2 bridgehead atoms. The monoisotopic (exact) mass is 372 g/mol. The van der Waals surface area contributed by atoms with E-state index < -0.39 is 0 Å². The van der Waals surface area contributed by atoms with Gasteiger partial charge < -0.3 is 14.7 Å². The zero-order valence-electron chi connectivity index (χ0n) is 16.7. The topological polar surface area (TPSA) is 55.8 Å². The van der Waals surface area contributed by atoms with E-state index in [2.05, 4.69) is 33.7 Å². The molecule has 1 aromatic heterocycles. The molecule has 4 saturated heterocycles. The van der Waals surface area contributed by atoms with Crippen LogP contribution in [0.1, 0.15) is 36.7 Å². The number of amides is 1. The minimum Gasteiger partial charge on any atom is -0.353 e. The summed E-state index contributed by atoms with van der Waals surface area (Å²) in [6, 6.07) is 0.600. The Labute approximate surface area is 162 Å². The van der Waals surface area contributed by atoms with Gasteiger partial charge in [-0.05, 0) is 38.8 Å². The van der Waals surface area contributed by atoms with Crippen LogP contribution in [0.15, 0.2) is 12.4 Å². The van der Waals surface area contributed by atoms with Gasteiger partial charge in [-0.2, -0.15) is 0 Å². The maximum atomic E-state index is 12.9. The van der Waals surface area contributed by atoms with E-state index in [4.69, 9.17) is 4.98 Å².